The minimum atomic E-state index is 0.945. The summed E-state index contributed by atoms with van der Waals surface area (Å²) in [6.45, 7) is 0. The molecular weight excluding hydrogens is 264 g/mol. The summed E-state index contributed by atoms with van der Waals surface area (Å²) in [7, 11) is 0. The van der Waals surface area contributed by atoms with Crippen LogP contribution in [-0.2, 0) is 12.8 Å². The normalized spacial score (nSPS) is 18.9. The van der Waals surface area contributed by atoms with Crippen LogP contribution in [0.5, 0.6) is 0 Å². The van der Waals surface area contributed by atoms with Crippen molar-refractivity contribution >= 4 is 23.2 Å². The van der Waals surface area contributed by atoms with Gasteiger partial charge in [-0.25, -0.2) is 4.98 Å². The SMILES string of the molecule is c1ccc(N=C2CSc3nc4c(cc32)CCCC4)cc1. The van der Waals surface area contributed by atoms with Gasteiger partial charge in [0.05, 0.1) is 11.4 Å². The zero-order valence-electron chi connectivity index (χ0n) is 11.3. The number of pyridine rings is 1. The van der Waals surface area contributed by atoms with Crippen LogP contribution in [0, 0.1) is 0 Å². The van der Waals surface area contributed by atoms with Gasteiger partial charge in [-0.3, -0.25) is 4.99 Å². The van der Waals surface area contributed by atoms with E-state index >= 15 is 0 Å². The number of nitrogens with zero attached hydrogens (tertiary/aromatic N) is 2. The van der Waals surface area contributed by atoms with Gasteiger partial charge in [0.1, 0.15) is 5.03 Å². The molecule has 4 rings (SSSR count). The topological polar surface area (TPSA) is 25.2 Å². The van der Waals surface area contributed by atoms with Gasteiger partial charge in [0.15, 0.2) is 0 Å². The summed E-state index contributed by atoms with van der Waals surface area (Å²) in [5, 5.41) is 1.18. The van der Waals surface area contributed by atoms with Crippen molar-refractivity contribution in [1.29, 1.82) is 0 Å². The van der Waals surface area contributed by atoms with Crippen LogP contribution < -0.4 is 0 Å². The number of aliphatic imine (C=N–C) groups is 1. The number of aryl methyl sites for hydroxylation is 2. The smallest absolute Gasteiger partial charge is 0.106 e. The molecule has 1 aromatic carbocycles. The standard InChI is InChI=1S/C17H16N2S/c1-2-7-13(8-3-1)18-16-11-20-17-14(16)10-12-6-4-5-9-15(12)19-17/h1-3,7-8,10H,4-6,9,11H2. The van der Waals surface area contributed by atoms with Crippen molar-refractivity contribution in [2.45, 2.75) is 30.7 Å². The maximum absolute atomic E-state index is 4.87. The Morgan fingerprint density at radius 3 is 2.80 bits per heavy atom. The molecule has 3 heteroatoms. The Morgan fingerprint density at radius 1 is 1.05 bits per heavy atom. The predicted molar refractivity (Wildman–Crippen MR) is 84.2 cm³/mol. The quantitative estimate of drug-likeness (QED) is 0.782. The van der Waals surface area contributed by atoms with Crippen LogP contribution in [0.3, 0.4) is 0 Å². The lowest BCUT2D eigenvalue weighted by Crippen LogP contribution is -2.08. The van der Waals surface area contributed by atoms with E-state index in [9.17, 15) is 0 Å². The van der Waals surface area contributed by atoms with Gasteiger partial charge in [-0.15, -0.1) is 0 Å². The minimum absolute atomic E-state index is 0.945. The molecule has 1 aliphatic carbocycles. The summed E-state index contributed by atoms with van der Waals surface area (Å²) in [6, 6.07) is 12.6. The Kier molecular flexibility index (Phi) is 3.07. The fraction of sp³-hybridized carbons (Fsp3) is 0.294. The van der Waals surface area contributed by atoms with Crippen molar-refractivity contribution in [1.82, 2.24) is 4.98 Å². The van der Waals surface area contributed by atoms with Crippen molar-refractivity contribution in [3.63, 3.8) is 0 Å². The molecule has 1 aromatic heterocycles. The van der Waals surface area contributed by atoms with Crippen molar-refractivity contribution in [3.8, 4) is 0 Å². The molecule has 0 saturated heterocycles. The number of thioether (sulfide) groups is 1. The number of hydrogen-bond donors (Lipinski definition) is 0. The molecule has 2 aromatic rings. The third kappa shape index (κ3) is 2.16. The maximum Gasteiger partial charge on any atom is 0.106 e. The fourth-order valence-electron chi connectivity index (χ4n) is 2.90. The molecule has 0 amide bonds. The molecule has 20 heavy (non-hydrogen) atoms. The average molecular weight is 280 g/mol. The molecule has 0 fully saturated rings. The first-order chi connectivity index (χ1) is 9.90. The van der Waals surface area contributed by atoms with Crippen LogP contribution in [-0.4, -0.2) is 16.4 Å². The summed E-state index contributed by atoms with van der Waals surface area (Å²) in [4.78, 5) is 9.67. The Hall–Kier alpha value is -1.61. The van der Waals surface area contributed by atoms with Crippen molar-refractivity contribution < 1.29 is 0 Å². The van der Waals surface area contributed by atoms with E-state index in [1.165, 1.54) is 46.8 Å². The predicted octanol–water partition coefficient (Wildman–Crippen LogP) is 4.19. The van der Waals surface area contributed by atoms with Crippen LogP contribution in [0.2, 0.25) is 0 Å². The van der Waals surface area contributed by atoms with E-state index in [0.717, 1.165) is 17.9 Å². The number of aromatic nitrogens is 1. The van der Waals surface area contributed by atoms with Crippen molar-refractivity contribution in [2.24, 2.45) is 4.99 Å². The average Bonchev–Trinajstić information content (AvgIpc) is 2.88. The Bertz CT molecular complexity index is 677. The third-order valence-electron chi connectivity index (χ3n) is 3.94. The zero-order chi connectivity index (χ0) is 13.4. The first-order valence-corrected chi connectivity index (χ1v) is 8.17. The summed E-state index contributed by atoms with van der Waals surface area (Å²) in [6.07, 6.45) is 4.91. The molecule has 2 aliphatic rings. The summed E-state index contributed by atoms with van der Waals surface area (Å²) >= 11 is 1.83. The molecule has 0 unspecified atom stereocenters. The zero-order valence-corrected chi connectivity index (χ0v) is 12.1. The molecule has 0 N–H and O–H groups in total. The van der Waals surface area contributed by atoms with Crippen LogP contribution in [0.4, 0.5) is 5.69 Å². The van der Waals surface area contributed by atoms with Crippen LogP contribution >= 0.6 is 11.8 Å². The van der Waals surface area contributed by atoms with E-state index in [1.807, 2.05) is 30.0 Å². The second-order valence-corrected chi connectivity index (χ2v) is 6.30. The fourth-order valence-corrected chi connectivity index (χ4v) is 3.90. The number of rotatable bonds is 1. The first kappa shape index (κ1) is 12.2. The summed E-state index contributed by atoms with van der Waals surface area (Å²) < 4.78 is 0. The maximum atomic E-state index is 4.87. The van der Waals surface area contributed by atoms with Gasteiger partial charge in [0.25, 0.3) is 0 Å². The molecule has 0 saturated carbocycles. The van der Waals surface area contributed by atoms with Crippen LogP contribution in [0.25, 0.3) is 0 Å². The lowest BCUT2D eigenvalue weighted by Gasteiger charge is -2.15. The van der Waals surface area contributed by atoms with Gasteiger partial charge in [-0.2, -0.15) is 0 Å². The Labute approximate surface area is 123 Å². The van der Waals surface area contributed by atoms with E-state index in [4.69, 9.17) is 9.98 Å². The lowest BCUT2D eigenvalue weighted by molar-refractivity contribution is 0.660. The molecule has 0 radical (unpaired) electrons. The lowest BCUT2D eigenvalue weighted by atomic mass is 9.94. The Balaban J connectivity index is 1.76. The minimum Gasteiger partial charge on any atom is -0.252 e. The molecule has 0 bridgehead atoms. The molecule has 1 aliphatic heterocycles. The molecular formula is C17H16N2S. The molecule has 0 atom stereocenters. The van der Waals surface area contributed by atoms with Gasteiger partial charge in [0.2, 0.25) is 0 Å². The molecule has 100 valence electrons. The van der Waals surface area contributed by atoms with E-state index in [0.29, 0.717) is 0 Å². The van der Waals surface area contributed by atoms with Crippen molar-refractivity contribution in [2.75, 3.05) is 5.75 Å². The van der Waals surface area contributed by atoms with Crippen LogP contribution in [0.1, 0.15) is 29.7 Å². The van der Waals surface area contributed by atoms with E-state index in [-0.39, 0.29) is 0 Å². The first-order valence-electron chi connectivity index (χ1n) is 7.19. The van der Waals surface area contributed by atoms with Gasteiger partial charge in [-0.05, 0) is 49.4 Å². The van der Waals surface area contributed by atoms with E-state index < -0.39 is 0 Å². The number of benzene rings is 1. The monoisotopic (exact) mass is 280 g/mol. The van der Waals surface area contributed by atoms with E-state index in [2.05, 4.69) is 18.2 Å². The van der Waals surface area contributed by atoms with Crippen LogP contribution in [0.15, 0.2) is 46.4 Å². The number of hydrogen-bond acceptors (Lipinski definition) is 3. The number of para-hydroxylation sites is 1. The molecule has 0 spiro atoms. The highest BCUT2D eigenvalue weighted by atomic mass is 32.2. The second kappa shape index (κ2) is 5.06. The third-order valence-corrected chi connectivity index (χ3v) is 4.95. The van der Waals surface area contributed by atoms with Gasteiger partial charge in [-0.1, -0.05) is 30.0 Å². The molecule has 2 nitrogen and oxygen atoms in total. The second-order valence-electron chi connectivity index (χ2n) is 5.34. The highest BCUT2D eigenvalue weighted by Gasteiger charge is 2.23. The number of fused-ring (bicyclic) bond motifs is 2. The highest BCUT2D eigenvalue weighted by molar-refractivity contribution is 8.00. The summed E-state index contributed by atoms with van der Waals surface area (Å²) in [5.74, 6) is 0.945. The van der Waals surface area contributed by atoms with Gasteiger partial charge < -0.3 is 0 Å². The summed E-state index contributed by atoms with van der Waals surface area (Å²) in [5.41, 5.74) is 6.24. The largest absolute Gasteiger partial charge is 0.252 e. The van der Waals surface area contributed by atoms with Gasteiger partial charge in [0, 0.05) is 17.0 Å². The Morgan fingerprint density at radius 2 is 1.90 bits per heavy atom. The van der Waals surface area contributed by atoms with Gasteiger partial charge >= 0.3 is 0 Å². The highest BCUT2D eigenvalue weighted by Crippen LogP contribution is 2.34. The molecule has 2 heterocycles. The van der Waals surface area contributed by atoms with E-state index in [1.54, 1.807) is 0 Å². The van der Waals surface area contributed by atoms with Crippen molar-refractivity contribution in [3.05, 3.63) is 53.2 Å².